The first kappa shape index (κ1) is 16.5. The van der Waals surface area contributed by atoms with E-state index in [0.717, 1.165) is 17.9 Å². The van der Waals surface area contributed by atoms with Crippen molar-refractivity contribution in [2.24, 2.45) is 0 Å². The van der Waals surface area contributed by atoms with E-state index in [1.807, 2.05) is 13.2 Å². The van der Waals surface area contributed by atoms with Crippen LogP contribution in [0.5, 0.6) is 0 Å². The summed E-state index contributed by atoms with van der Waals surface area (Å²) in [5.41, 5.74) is 0. The lowest BCUT2D eigenvalue weighted by molar-refractivity contribution is -0.141. The zero-order chi connectivity index (χ0) is 14.4. The summed E-state index contributed by atoms with van der Waals surface area (Å²) in [6, 6.07) is -0.694. The van der Waals surface area contributed by atoms with Crippen LogP contribution in [0, 0.1) is 0 Å². The van der Waals surface area contributed by atoms with Crippen molar-refractivity contribution in [2.75, 3.05) is 37.1 Å². The molecule has 1 aliphatic heterocycles. The third-order valence-electron chi connectivity index (χ3n) is 3.34. The molecule has 1 rings (SSSR count). The fourth-order valence-corrected chi connectivity index (χ4v) is 3.97. The van der Waals surface area contributed by atoms with Crippen molar-refractivity contribution >= 4 is 35.5 Å². The van der Waals surface area contributed by atoms with Crippen LogP contribution in [0.4, 0.5) is 4.79 Å². The molecule has 0 aromatic rings. The van der Waals surface area contributed by atoms with Gasteiger partial charge in [0.25, 0.3) is 0 Å². The highest BCUT2D eigenvalue weighted by atomic mass is 32.2. The van der Waals surface area contributed by atoms with Gasteiger partial charge in [0.1, 0.15) is 6.04 Å². The minimum absolute atomic E-state index is 0.159. The lowest BCUT2D eigenvalue weighted by Crippen LogP contribution is -2.56. The summed E-state index contributed by atoms with van der Waals surface area (Å²) in [6.07, 6.45) is 2.89. The Hall–Kier alpha value is -0.560. The van der Waals surface area contributed by atoms with E-state index in [9.17, 15) is 14.7 Å². The van der Waals surface area contributed by atoms with Crippen molar-refractivity contribution in [1.29, 1.82) is 0 Å². The van der Waals surface area contributed by atoms with Gasteiger partial charge < -0.3 is 14.9 Å². The van der Waals surface area contributed by atoms with Gasteiger partial charge in [0.2, 0.25) is 0 Å². The van der Waals surface area contributed by atoms with Crippen LogP contribution < -0.4 is 0 Å². The number of hydrogen-bond donors (Lipinski definition) is 1. The van der Waals surface area contributed by atoms with E-state index in [2.05, 4.69) is 0 Å². The van der Waals surface area contributed by atoms with Gasteiger partial charge in [0.05, 0.1) is 0 Å². The number of carbonyl (C=O) groups excluding carboxylic acids is 1. The topological polar surface area (TPSA) is 60.9 Å². The molecule has 2 unspecified atom stereocenters. The van der Waals surface area contributed by atoms with Gasteiger partial charge in [-0.2, -0.15) is 23.5 Å². The highest BCUT2D eigenvalue weighted by Crippen LogP contribution is 2.20. The molecule has 0 radical (unpaired) electrons. The van der Waals surface area contributed by atoms with Gasteiger partial charge in [0, 0.05) is 36.9 Å². The van der Waals surface area contributed by atoms with Crippen LogP contribution in [-0.2, 0) is 4.79 Å². The van der Waals surface area contributed by atoms with E-state index in [1.165, 1.54) is 4.90 Å². The van der Waals surface area contributed by atoms with E-state index in [-0.39, 0.29) is 12.1 Å². The average Bonchev–Trinajstić information content (AvgIpc) is 2.43. The van der Waals surface area contributed by atoms with Crippen LogP contribution in [0.15, 0.2) is 0 Å². The molecular formula is C12H22N2O3S2. The third kappa shape index (κ3) is 4.21. The van der Waals surface area contributed by atoms with Crippen molar-refractivity contribution in [3.05, 3.63) is 0 Å². The minimum atomic E-state index is -0.910. The fourth-order valence-electron chi connectivity index (χ4n) is 2.09. The summed E-state index contributed by atoms with van der Waals surface area (Å²) >= 11 is 3.29. The van der Waals surface area contributed by atoms with E-state index < -0.39 is 12.0 Å². The predicted octanol–water partition coefficient (Wildman–Crippen LogP) is 1.68. The highest BCUT2D eigenvalue weighted by Gasteiger charge is 2.35. The van der Waals surface area contributed by atoms with Gasteiger partial charge in [-0.1, -0.05) is 6.92 Å². The molecule has 1 heterocycles. The summed E-state index contributed by atoms with van der Waals surface area (Å²) in [5.74, 6) is 1.25. The Morgan fingerprint density at radius 3 is 2.79 bits per heavy atom. The van der Waals surface area contributed by atoms with E-state index in [4.69, 9.17) is 0 Å². The summed E-state index contributed by atoms with van der Waals surface area (Å²) in [5, 5.41) is 9.21. The summed E-state index contributed by atoms with van der Waals surface area (Å²) in [6.45, 7) is 2.56. The van der Waals surface area contributed by atoms with Crippen molar-refractivity contribution in [3.8, 4) is 0 Å². The Morgan fingerprint density at radius 2 is 2.26 bits per heavy atom. The number of amides is 2. The third-order valence-corrected chi connectivity index (χ3v) is 5.08. The molecule has 0 bridgehead atoms. The Labute approximate surface area is 123 Å². The quantitative estimate of drug-likeness (QED) is 0.837. The molecule has 0 spiro atoms. The molecule has 0 saturated carbocycles. The van der Waals surface area contributed by atoms with Gasteiger partial charge in [-0.3, -0.25) is 0 Å². The number of carbonyl (C=O) groups is 2. The second kappa shape index (κ2) is 7.89. The van der Waals surface area contributed by atoms with Gasteiger partial charge >= 0.3 is 12.0 Å². The van der Waals surface area contributed by atoms with Gasteiger partial charge in [0.15, 0.2) is 0 Å². The molecule has 0 aliphatic carbocycles. The van der Waals surface area contributed by atoms with Crippen LogP contribution in [-0.4, -0.2) is 76.1 Å². The molecule has 5 nitrogen and oxygen atoms in total. The first-order valence-corrected chi connectivity index (χ1v) is 8.90. The van der Waals surface area contributed by atoms with Crippen molar-refractivity contribution in [2.45, 2.75) is 25.4 Å². The van der Waals surface area contributed by atoms with Crippen molar-refractivity contribution < 1.29 is 14.7 Å². The van der Waals surface area contributed by atoms with Crippen LogP contribution in [0.3, 0.4) is 0 Å². The van der Waals surface area contributed by atoms with Gasteiger partial charge in [-0.25, -0.2) is 9.59 Å². The summed E-state index contributed by atoms with van der Waals surface area (Å²) in [7, 11) is 1.77. The molecule has 110 valence electrons. The van der Waals surface area contributed by atoms with Crippen LogP contribution >= 0.6 is 23.5 Å². The average molecular weight is 306 g/mol. The highest BCUT2D eigenvalue weighted by molar-refractivity contribution is 7.99. The van der Waals surface area contributed by atoms with Crippen molar-refractivity contribution in [3.63, 3.8) is 0 Å². The molecule has 0 aromatic heterocycles. The first-order valence-electron chi connectivity index (χ1n) is 6.35. The van der Waals surface area contributed by atoms with E-state index in [1.54, 1.807) is 35.5 Å². The summed E-state index contributed by atoms with van der Waals surface area (Å²) < 4.78 is 0. The monoisotopic (exact) mass is 306 g/mol. The Bertz CT molecular complexity index is 328. The molecule has 19 heavy (non-hydrogen) atoms. The number of hydrogen-bond acceptors (Lipinski definition) is 4. The van der Waals surface area contributed by atoms with Crippen LogP contribution in [0.1, 0.15) is 13.3 Å². The van der Waals surface area contributed by atoms with Gasteiger partial charge in [-0.15, -0.1) is 0 Å². The van der Waals surface area contributed by atoms with Gasteiger partial charge in [-0.05, 0) is 12.7 Å². The maximum atomic E-state index is 12.5. The minimum Gasteiger partial charge on any atom is -0.480 e. The summed E-state index contributed by atoms with van der Waals surface area (Å²) in [4.78, 5) is 26.9. The molecule has 1 N–H and O–H groups in total. The maximum absolute atomic E-state index is 12.5. The molecule has 1 aliphatic rings. The lowest BCUT2D eigenvalue weighted by Gasteiger charge is -2.38. The number of carboxylic acid groups (broad SMARTS) is 1. The van der Waals surface area contributed by atoms with Crippen LogP contribution in [0.25, 0.3) is 0 Å². The fraction of sp³-hybridized carbons (Fsp3) is 0.833. The predicted molar refractivity (Wildman–Crippen MR) is 81.1 cm³/mol. The number of thioether (sulfide) groups is 2. The largest absolute Gasteiger partial charge is 0.480 e. The normalized spacial score (nSPS) is 21.0. The molecule has 7 heteroatoms. The Kier molecular flexibility index (Phi) is 6.85. The SMILES string of the molecule is CCC(CSC)N(C)C(=O)N1CCSCC1C(=O)O. The lowest BCUT2D eigenvalue weighted by atomic mass is 10.2. The zero-order valence-corrected chi connectivity index (χ0v) is 13.3. The Balaban J connectivity index is 2.75. The van der Waals surface area contributed by atoms with Crippen LogP contribution in [0.2, 0.25) is 0 Å². The smallest absolute Gasteiger partial charge is 0.327 e. The second-order valence-corrected chi connectivity index (χ2v) is 6.59. The molecule has 0 aromatic carbocycles. The number of aliphatic carboxylic acids is 1. The number of urea groups is 1. The first-order chi connectivity index (χ1) is 9.02. The molecule has 2 atom stereocenters. The Morgan fingerprint density at radius 1 is 1.58 bits per heavy atom. The molecule has 2 amide bonds. The molecular weight excluding hydrogens is 284 g/mol. The van der Waals surface area contributed by atoms with Crippen molar-refractivity contribution in [1.82, 2.24) is 9.80 Å². The maximum Gasteiger partial charge on any atom is 0.327 e. The van der Waals surface area contributed by atoms with E-state index in [0.29, 0.717) is 12.3 Å². The second-order valence-electron chi connectivity index (χ2n) is 4.53. The zero-order valence-electron chi connectivity index (χ0n) is 11.7. The molecule has 1 fully saturated rings. The van der Waals surface area contributed by atoms with E-state index >= 15 is 0 Å². The molecule has 1 saturated heterocycles. The number of nitrogens with zero attached hydrogens (tertiary/aromatic N) is 2. The standard InChI is InChI=1S/C12H22N2O3S2/c1-4-9(7-18-3)13(2)12(17)14-5-6-19-8-10(14)11(15)16/h9-10H,4-8H2,1-3H3,(H,15,16). The number of rotatable bonds is 5. The number of carboxylic acids is 1.